The largest absolute Gasteiger partial charge is 0.399 e. The van der Waals surface area contributed by atoms with E-state index in [1.165, 1.54) is 12.8 Å². The third-order valence-electron chi connectivity index (χ3n) is 3.42. The van der Waals surface area contributed by atoms with Crippen LogP contribution in [0.25, 0.3) is 0 Å². The van der Waals surface area contributed by atoms with Crippen molar-refractivity contribution in [3.8, 4) is 0 Å². The topological polar surface area (TPSA) is 49.6 Å². The number of hydrogen-bond acceptors (Lipinski definition) is 3. The average Bonchev–Trinajstić information content (AvgIpc) is 3.19. The first kappa shape index (κ1) is 13.7. The second kappa shape index (κ2) is 5.51. The van der Waals surface area contributed by atoms with Crippen molar-refractivity contribution >= 4 is 17.3 Å². The standard InChI is InChI=1S/C15H23N3O/c1-4-9-18(12-6-7-12)14-10-11(16)5-8-13(14)15(19)17(2)3/h5,8,10,12H,4,6-7,9,16H2,1-3H3. The molecule has 0 atom stereocenters. The minimum atomic E-state index is 0.0387. The van der Waals surface area contributed by atoms with Gasteiger partial charge in [0, 0.05) is 32.4 Å². The third-order valence-corrected chi connectivity index (χ3v) is 3.42. The molecule has 0 spiro atoms. The molecule has 1 fully saturated rings. The summed E-state index contributed by atoms with van der Waals surface area (Å²) < 4.78 is 0. The fraction of sp³-hybridized carbons (Fsp3) is 0.533. The SMILES string of the molecule is CCCN(c1cc(N)ccc1C(=O)N(C)C)C1CC1. The molecule has 0 radical (unpaired) electrons. The Hall–Kier alpha value is -1.71. The van der Waals surface area contributed by atoms with Gasteiger partial charge >= 0.3 is 0 Å². The summed E-state index contributed by atoms with van der Waals surface area (Å²) in [5.41, 5.74) is 8.36. The lowest BCUT2D eigenvalue weighted by atomic mass is 10.1. The Kier molecular flexibility index (Phi) is 3.98. The smallest absolute Gasteiger partial charge is 0.255 e. The molecule has 0 saturated heterocycles. The molecule has 2 N–H and O–H groups in total. The van der Waals surface area contributed by atoms with Crippen molar-refractivity contribution in [3.63, 3.8) is 0 Å². The molecule has 1 saturated carbocycles. The maximum absolute atomic E-state index is 12.3. The van der Waals surface area contributed by atoms with Crippen molar-refractivity contribution in [2.75, 3.05) is 31.3 Å². The van der Waals surface area contributed by atoms with E-state index in [-0.39, 0.29) is 5.91 Å². The number of nitrogen functional groups attached to an aromatic ring is 1. The Morgan fingerprint density at radius 1 is 1.37 bits per heavy atom. The number of amides is 1. The minimum absolute atomic E-state index is 0.0387. The van der Waals surface area contributed by atoms with E-state index in [0.29, 0.717) is 11.7 Å². The number of benzene rings is 1. The van der Waals surface area contributed by atoms with Crippen LogP contribution in [-0.4, -0.2) is 37.5 Å². The van der Waals surface area contributed by atoms with Gasteiger partial charge in [0.1, 0.15) is 0 Å². The van der Waals surface area contributed by atoms with E-state index >= 15 is 0 Å². The number of nitrogens with two attached hydrogens (primary N) is 1. The lowest BCUT2D eigenvalue weighted by molar-refractivity contribution is 0.0828. The number of hydrogen-bond donors (Lipinski definition) is 1. The number of carbonyl (C=O) groups is 1. The summed E-state index contributed by atoms with van der Waals surface area (Å²) in [5.74, 6) is 0.0387. The Morgan fingerprint density at radius 2 is 2.05 bits per heavy atom. The highest BCUT2D eigenvalue weighted by Gasteiger charge is 2.31. The summed E-state index contributed by atoms with van der Waals surface area (Å²) in [6, 6.07) is 6.16. The van der Waals surface area contributed by atoms with Crippen molar-refractivity contribution in [1.82, 2.24) is 4.90 Å². The molecule has 0 aliphatic heterocycles. The van der Waals surface area contributed by atoms with Crippen LogP contribution in [0.5, 0.6) is 0 Å². The molecule has 0 heterocycles. The van der Waals surface area contributed by atoms with Crippen molar-refractivity contribution in [2.24, 2.45) is 0 Å². The maximum atomic E-state index is 12.3. The van der Waals surface area contributed by atoms with Gasteiger partial charge in [-0.1, -0.05) is 6.92 Å². The highest BCUT2D eigenvalue weighted by Crippen LogP contribution is 2.35. The highest BCUT2D eigenvalue weighted by molar-refractivity contribution is 6.00. The Balaban J connectivity index is 2.40. The van der Waals surface area contributed by atoms with Crippen LogP contribution in [0.15, 0.2) is 18.2 Å². The first-order valence-electron chi connectivity index (χ1n) is 6.92. The van der Waals surface area contributed by atoms with Gasteiger partial charge in [0.15, 0.2) is 0 Å². The molecule has 104 valence electrons. The van der Waals surface area contributed by atoms with Crippen molar-refractivity contribution in [1.29, 1.82) is 0 Å². The molecule has 1 amide bonds. The van der Waals surface area contributed by atoms with E-state index in [9.17, 15) is 4.79 Å². The highest BCUT2D eigenvalue weighted by atomic mass is 16.2. The summed E-state index contributed by atoms with van der Waals surface area (Å²) in [7, 11) is 3.56. The van der Waals surface area contributed by atoms with Crippen molar-refractivity contribution < 1.29 is 4.79 Å². The fourth-order valence-electron chi connectivity index (χ4n) is 2.33. The second-order valence-corrected chi connectivity index (χ2v) is 5.40. The summed E-state index contributed by atoms with van der Waals surface area (Å²) >= 11 is 0. The summed E-state index contributed by atoms with van der Waals surface area (Å²) in [6.07, 6.45) is 3.50. The van der Waals surface area contributed by atoms with Gasteiger partial charge < -0.3 is 15.5 Å². The number of rotatable bonds is 5. The predicted octanol–water partition coefficient (Wildman–Crippen LogP) is 2.35. The van der Waals surface area contributed by atoms with Crippen LogP contribution in [0.3, 0.4) is 0 Å². The van der Waals surface area contributed by atoms with Crippen LogP contribution in [0.1, 0.15) is 36.5 Å². The zero-order chi connectivity index (χ0) is 14.0. The van der Waals surface area contributed by atoms with E-state index in [1.54, 1.807) is 25.1 Å². The lowest BCUT2D eigenvalue weighted by Crippen LogP contribution is -2.30. The number of anilines is 2. The zero-order valence-corrected chi connectivity index (χ0v) is 12.0. The van der Waals surface area contributed by atoms with E-state index in [1.807, 2.05) is 12.1 Å². The van der Waals surface area contributed by atoms with Gasteiger partial charge in [-0.05, 0) is 37.5 Å². The van der Waals surface area contributed by atoms with Gasteiger partial charge in [-0.15, -0.1) is 0 Å². The van der Waals surface area contributed by atoms with Gasteiger partial charge in [0.25, 0.3) is 5.91 Å². The summed E-state index contributed by atoms with van der Waals surface area (Å²) in [5, 5.41) is 0. The molecule has 1 aromatic rings. The molecule has 4 nitrogen and oxygen atoms in total. The quantitative estimate of drug-likeness (QED) is 0.828. The Bertz CT molecular complexity index is 466. The first-order chi connectivity index (χ1) is 9.04. The van der Waals surface area contributed by atoms with E-state index < -0.39 is 0 Å². The van der Waals surface area contributed by atoms with Crippen molar-refractivity contribution in [2.45, 2.75) is 32.2 Å². The van der Waals surface area contributed by atoms with E-state index in [2.05, 4.69) is 11.8 Å². The second-order valence-electron chi connectivity index (χ2n) is 5.40. The number of carbonyl (C=O) groups excluding carboxylic acids is 1. The van der Waals surface area contributed by atoms with Crippen LogP contribution in [0, 0.1) is 0 Å². The normalized spacial score (nSPS) is 14.3. The molecule has 1 aromatic carbocycles. The molecular formula is C15H23N3O. The molecule has 1 aliphatic carbocycles. The van der Waals surface area contributed by atoms with Gasteiger partial charge in [-0.2, -0.15) is 0 Å². The van der Waals surface area contributed by atoms with Gasteiger partial charge in [0.05, 0.1) is 11.3 Å². The molecule has 1 aliphatic rings. The predicted molar refractivity (Wildman–Crippen MR) is 79.5 cm³/mol. The van der Waals surface area contributed by atoms with Crippen LogP contribution >= 0.6 is 0 Å². The van der Waals surface area contributed by atoms with Crippen LogP contribution in [-0.2, 0) is 0 Å². The van der Waals surface area contributed by atoms with E-state index in [4.69, 9.17) is 5.73 Å². The van der Waals surface area contributed by atoms with Crippen LogP contribution in [0.4, 0.5) is 11.4 Å². The first-order valence-corrected chi connectivity index (χ1v) is 6.92. The summed E-state index contributed by atoms with van der Waals surface area (Å²) in [4.78, 5) is 16.2. The average molecular weight is 261 g/mol. The zero-order valence-electron chi connectivity index (χ0n) is 12.0. The molecule has 0 unspecified atom stereocenters. The Labute approximate surface area is 115 Å². The van der Waals surface area contributed by atoms with Gasteiger partial charge in [-0.25, -0.2) is 0 Å². The molecule has 19 heavy (non-hydrogen) atoms. The maximum Gasteiger partial charge on any atom is 0.255 e. The molecule has 4 heteroatoms. The third kappa shape index (κ3) is 3.00. The van der Waals surface area contributed by atoms with Crippen LogP contribution in [0.2, 0.25) is 0 Å². The lowest BCUT2D eigenvalue weighted by Gasteiger charge is -2.27. The minimum Gasteiger partial charge on any atom is -0.399 e. The molecule has 0 aromatic heterocycles. The molecule has 2 rings (SSSR count). The van der Waals surface area contributed by atoms with E-state index in [0.717, 1.165) is 24.2 Å². The monoisotopic (exact) mass is 261 g/mol. The van der Waals surface area contributed by atoms with Crippen molar-refractivity contribution in [3.05, 3.63) is 23.8 Å². The van der Waals surface area contributed by atoms with Crippen LogP contribution < -0.4 is 10.6 Å². The fourth-order valence-corrected chi connectivity index (χ4v) is 2.33. The van der Waals surface area contributed by atoms with Gasteiger partial charge in [-0.3, -0.25) is 4.79 Å². The summed E-state index contributed by atoms with van der Waals surface area (Å²) in [6.45, 7) is 3.14. The Morgan fingerprint density at radius 3 is 2.58 bits per heavy atom. The van der Waals surface area contributed by atoms with Gasteiger partial charge in [0.2, 0.25) is 0 Å². The molecule has 0 bridgehead atoms. The number of nitrogens with zero attached hydrogens (tertiary/aromatic N) is 2. The molecular weight excluding hydrogens is 238 g/mol.